The van der Waals surface area contributed by atoms with Crippen LogP contribution in [0.5, 0.6) is 0 Å². The molecule has 1 heterocycles. The van der Waals surface area contributed by atoms with E-state index in [0.29, 0.717) is 42.4 Å². The number of amides is 1. The van der Waals surface area contributed by atoms with E-state index < -0.39 is 11.7 Å². The summed E-state index contributed by atoms with van der Waals surface area (Å²) in [5.74, 6) is 0. The molecule has 0 radical (unpaired) electrons. The van der Waals surface area contributed by atoms with Crippen LogP contribution in [0.25, 0.3) is 0 Å². The van der Waals surface area contributed by atoms with E-state index in [9.17, 15) is 15.0 Å². The second-order valence-electron chi connectivity index (χ2n) is 6.98. The summed E-state index contributed by atoms with van der Waals surface area (Å²) < 4.78 is 0. The number of benzene rings is 2. The average molecular weight is 409 g/mol. The Balaban J connectivity index is 1.69. The van der Waals surface area contributed by atoms with E-state index in [1.807, 2.05) is 30.3 Å². The van der Waals surface area contributed by atoms with Crippen molar-refractivity contribution in [2.75, 3.05) is 18.4 Å². The minimum Gasteiger partial charge on any atom is -0.465 e. The summed E-state index contributed by atoms with van der Waals surface area (Å²) in [4.78, 5) is 13.0. The maximum absolute atomic E-state index is 11.6. The summed E-state index contributed by atoms with van der Waals surface area (Å²) in [6, 6.07) is 14.7. The molecule has 7 heteroatoms. The smallest absolute Gasteiger partial charge is 0.407 e. The first-order valence-corrected chi connectivity index (χ1v) is 9.57. The molecule has 27 heavy (non-hydrogen) atoms. The average Bonchev–Trinajstić information content (AvgIpc) is 2.63. The molecule has 0 bridgehead atoms. The molecule has 0 aliphatic carbocycles. The van der Waals surface area contributed by atoms with Crippen LogP contribution in [0.4, 0.5) is 10.5 Å². The van der Waals surface area contributed by atoms with Crippen molar-refractivity contribution in [3.05, 3.63) is 64.1 Å². The van der Waals surface area contributed by atoms with Gasteiger partial charge in [-0.1, -0.05) is 53.5 Å². The predicted molar refractivity (Wildman–Crippen MR) is 108 cm³/mol. The first-order valence-electron chi connectivity index (χ1n) is 8.81. The zero-order valence-electron chi connectivity index (χ0n) is 14.7. The van der Waals surface area contributed by atoms with Crippen LogP contribution < -0.4 is 5.32 Å². The molecule has 0 aromatic heterocycles. The van der Waals surface area contributed by atoms with E-state index in [1.54, 1.807) is 18.2 Å². The molecule has 0 saturated carbocycles. The van der Waals surface area contributed by atoms with Crippen LogP contribution in [0.2, 0.25) is 10.0 Å². The number of carboxylic acid groups (broad SMARTS) is 1. The van der Waals surface area contributed by atoms with Gasteiger partial charge in [0.1, 0.15) is 0 Å². The number of nitrogens with zero attached hydrogens (tertiary/aromatic N) is 1. The van der Waals surface area contributed by atoms with Gasteiger partial charge in [0, 0.05) is 24.8 Å². The monoisotopic (exact) mass is 408 g/mol. The van der Waals surface area contributed by atoms with Gasteiger partial charge in [0.25, 0.3) is 0 Å². The highest BCUT2D eigenvalue weighted by atomic mass is 35.5. The van der Waals surface area contributed by atoms with Crippen LogP contribution in [-0.2, 0) is 6.42 Å². The molecular formula is C20H22Cl2N2O3. The number of hydrogen-bond acceptors (Lipinski definition) is 3. The van der Waals surface area contributed by atoms with Crippen LogP contribution in [0, 0.1) is 0 Å². The molecular weight excluding hydrogens is 387 g/mol. The lowest BCUT2D eigenvalue weighted by molar-refractivity contribution is -0.0303. The largest absolute Gasteiger partial charge is 0.465 e. The lowest BCUT2D eigenvalue weighted by atomic mass is 9.84. The molecule has 0 spiro atoms. The summed E-state index contributed by atoms with van der Waals surface area (Å²) in [6.07, 6.45) is 0.360. The summed E-state index contributed by atoms with van der Waals surface area (Å²) >= 11 is 12.0. The minimum atomic E-state index is -1.00. The normalized spacial score (nSPS) is 22.5. The molecule has 1 aliphatic rings. The molecule has 144 valence electrons. The van der Waals surface area contributed by atoms with Gasteiger partial charge in [-0.05, 0) is 43.0 Å². The lowest BCUT2D eigenvalue weighted by Crippen LogP contribution is -2.55. The van der Waals surface area contributed by atoms with Gasteiger partial charge in [0.15, 0.2) is 0 Å². The van der Waals surface area contributed by atoms with E-state index in [-0.39, 0.29) is 6.04 Å². The molecule has 1 saturated heterocycles. The van der Waals surface area contributed by atoms with Gasteiger partial charge in [-0.15, -0.1) is 0 Å². The molecule has 1 fully saturated rings. The number of halogens is 2. The SMILES string of the molecule is O=C(O)N1CCC(O)(CNc2ccc(Cl)c(Cl)c2)CC1Cc1ccccc1. The van der Waals surface area contributed by atoms with Crippen molar-refractivity contribution in [1.82, 2.24) is 4.90 Å². The van der Waals surface area contributed by atoms with Crippen LogP contribution in [0.15, 0.2) is 48.5 Å². The number of nitrogens with one attached hydrogen (secondary N) is 1. The molecule has 3 rings (SSSR count). The Morgan fingerprint density at radius 2 is 1.93 bits per heavy atom. The van der Waals surface area contributed by atoms with E-state index in [1.165, 1.54) is 4.90 Å². The third kappa shape index (κ3) is 5.06. The summed E-state index contributed by atoms with van der Waals surface area (Å²) in [5.41, 5.74) is 0.811. The third-order valence-corrected chi connectivity index (χ3v) is 5.71. The van der Waals surface area contributed by atoms with Gasteiger partial charge in [0.2, 0.25) is 0 Å². The fourth-order valence-electron chi connectivity index (χ4n) is 3.52. The quantitative estimate of drug-likeness (QED) is 0.679. The first kappa shape index (κ1) is 19.8. The molecule has 3 N–H and O–H groups in total. The number of carbonyl (C=O) groups is 1. The maximum atomic E-state index is 11.6. The van der Waals surface area contributed by atoms with Crippen molar-refractivity contribution < 1.29 is 15.0 Å². The fraction of sp³-hybridized carbons (Fsp3) is 0.350. The fourth-order valence-corrected chi connectivity index (χ4v) is 3.81. The molecule has 1 amide bonds. The van der Waals surface area contributed by atoms with Gasteiger partial charge in [0.05, 0.1) is 15.6 Å². The van der Waals surface area contributed by atoms with Gasteiger partial charge in [-0.2, -0.15) is 0 Å². The Labute approximate surface area is 168 Å². The Morgan fingerprint density at radius 1 is 1.19 bits per heavy atom. The zero-order chi connectivity index (χ0) is 19.4. The van der Waals surface area contributed by atoms with Crippen LogP contribution in [0.3, 0.4) is 0 Å². The highest BCUT2D eigenvalue weighted by molar-refractivity contribution is 6.42. The number of hydrogen-bond donors (Lipinski definition) is 3. The van der Waals surface area contributed by atoms with Crippen LogP contribution in [-0.4, -0.2) is 45.9 Å². The Kier molecular flexibility index (Phi) is 6.15. The summed E-state index contributed by atoms with van der Waals surface area (Å²) in [5, 5.41) is 24.7. The zero-order valence-corrected chi connectivity index (χ0v) is 16.2. The van der Waals surface area contributed by atoms with Crippen molar-refractivity contribution in [2.24, 2.45) is 0 Å². The molecule has 1 aliphatic heterocycles. The van der Waals surface area contributed by atoms with E-state index in [0.717, 1.165) is 11.3 Å². The van der Waals surface area contributed by atoms with E-state index in [4.69, 9.17) is 23.2 Å². The highest BCUT2D eigenvalue weighted by Gasteiger charge is 2.40. The lowest BCUT2D eigenvalue weighted by Gasteiger charge is -2.43. The number of rotatable bonds is 5. The molecule has 2 unspecified atom stereocenters. The van der Waals surface area contributed by atoms with Crippen molar-refractivity contribution >= 4 is 35.0 Å². The van der Waals surface area contributed by atoms with Crippen molar-refractivity contribution in [3.8, 4) is 0 Å². The number of likely N-dealkylation sites (tertiary alicyclic amines) is 1. The topological polar surface area (TPSA) is 72.8 Å². The third-order valence-electron chi connectivity index (χ3n) is 4.98. The van der Waals surface area contributed by atoms with Crippen LogP contribution in [0.1, 0.15) is 18.4 Å². The van der Waals surface area contributed by atoms with Crippen molar-refractivity contribution in [1.29, 1.82) is 0 Å². The van der Waals surface area contributed by atoms with Crippen molar-refractivity contribution in [2.45, 2.75) is 30.9 Å². The first-order chi connectivity index (χ1) is 12.9. The van der Waals surface area contributed by atoms with Crippen molar-refractivity contribution in [3.63, 3.8) is 0 Å². The summed E-state index contributed by atoms with van der Waals surface area (Å²) in [7, 11) is 0. The summed E-state index contributed by atoms with van der Waals surface area (Å²) in [6.45, 7) is 0.607. The molecule has 2 aromatic carbocycles. The molecule has 2 aromatic rings. The van der Waals surface area contributed by atoms with E-state index in [2.05, 4.69) is 5.32 Å². The molecule has 2 atom stereocenters. The van der Waals surface area contributed by atoms with Gasteiger partial charge < -0.3 is 20.4 Å². The second kappa shape index (κ2) is 8.38. The number of aliphatic hydroxyl groups is 1. The van der Waals surface area contributed by atoms with E-state index >= 15 is 0 Å². The Bertz CT molecular complexity index is 803. The Hall–Kier alpha value is -1.95. The maximum Gasteiger partial charge on any atom is 0.407 e. The molecule has 5 nitrogen and oxygen atoms in total. The minimum absolute atomic E-state index is 0.278. The second-order valence-corrected chi connectivity index (χ2v) is 7.79. The number of anilines is 1. The standard InChI is InChI=1S/C20H22Cl2N2O3/c21-17-7-6-15(11-18(17)22)23-13-20(27)8-9-24(19(25)26)16(12-20)10-14-4-2-1-3-5-14/h1-7,11,16,23,27H,8-10,12-13H2,(H,25,26). The number of piperidine rings is 1. The van der Waals surface area contributed by atoms with Gasteiger partial charge >= 0.3 is 6.09 Å². The van der Waals surface area contributed by atoms with Crippen LogP contribution >= 0.6 is 23.2 Å². The van der Waals surface area contributed by atoms with Gasteiger partial charge in [-0.25, -0.2) is 4.79 Å². The predicted octanol–water partition coefficient (Wildman–Crippen LogP) is 4.52. The van der Waals surface area contributed by atoms with Gasteiger partial charge in [-0.3, -0.25) is 0 Å². The highest BCUT2D eigenvalue weighted by Crippen LogP contribution is 2.31. The Morgan fingerprint density at radius 3 is 2.59 bits per heavy atom.